The van der Waals surface area contributed by atoms with Crippen molar-refractivity contribution in [3.63, 3.8) is 0 Å². The first-order chi connectivity index (χ1) is 11.6. The van der Waals surface area contributed by atoms with Crippen molar-refractivity contribution in [3.8, 4) is 16.9 Å². The van der Waals surface area contributed by atoms with E-state index in [2.05, 4.69) is 6.58 Å². The molecule has 0 aliphatic carbocycles. The van der Waals surface area contributed by atoms with Crippen molar-refractivity contribution in [2.75, 3.05) is 7.11 Å². The molecule has 122 valence electrons. The van der Waals surface area contributed by atoms with Crippen LogP contribution < -0.4 is 4.74 Å². The number of fused-ring (bicyclic) bond motifs is 1. The van der Waals surface area contributed by atoms with Crippen LogP contribution in [0.2, 0.25) is 0 Å². The molecule has 0 fully saturated rings. The second-order valence-corrected chi connectivity index (χ2v) is 5.66. The second kappa shape index (κ2) is 6.83. The molecule has 3 aromatic carbocycles. The Labute approximate surface area is 140 Å². The summed E-state index contributed by atoms with van der Waals surface area (Å²) in [4.78, 5) is 0. The highest BCUT2D eigenvalue weighted by molar-refractivity contribution is 5.89. The Bertz CT molecular complexity index is 882. The van der Waals surface area contributed by atoms with Gasteiger partial charge >= 0.3 is 0 Å². The molecule has 0 heterocycles. The van der Waals surface area contributed by atoms with Crippen LogP contribution in [-0.4, -0.2) is 7.11 Å². The van der Waals surface area contributed by atoms with Gasteiger partial charge in [-0.25, -0.2) is 8.78 Å². The fourth-order valence-electron chi connectivity index (χ4n) is 2.76. The van der Waals surface area contributed by atoms with E-state index in [-0.39, 0.29) is 10.9 Å². The summed E-state index contributed by atoms with van der Waals surface area (Å²) in [6.45, 7) is 3.70. The van der Waals surface area contributed by atoms with E-state index in [4.69, 9.17) is 4.74 Å². The second-order valence-electron chi connectivity index (χ2n) is 5.66. The summed E-state index contributed by atoms with van der Waals surface area (Å²) in [6.07, 6.45) is 3.64. The average molecular weight is 324 g/mol. The predicted octanol–water partition coefficient (Wildman–Crippen LogP) is 5.91. The van der Waals surface area contributed by atoms with Gasteiger partial charge in [0.05, 0.1) is 7.11 Å². The van der Waals surface area contributed by atoms with E-state index in [0.29, 0.717) is 16.7 Å². The van der Waals surface area contributed by atoms with E-state index < -0.39 is 11.6 Å². The zero-order valence-electron chi connectivity index (χ0n) is 13.5. The number of halogens is 2. The lowest BCUT2D eigenvalue weighted by atomic mass is 9.98. The molecular weight excluding hydrogens is 306 g/mol. The SMILES string of the molecule is C=CCCc1ccc(-c2cc3ccc(OC)cc3c(F)c2F)cc1. The Morgan fingerprint density at radius 3 is 2.42 bits per heavy atom. The van der Waals surface area contributed by atoms with Gasteiger partial charge in [-0.05, 0) is 47.6 Å². The monoisotopic (exact) mass is 324 g/mol. The van der Waals surface area contributed by atoms with Crippen LogP contribution in [0.3, 0.4) is 0 Å². The average Bonchev–Trinajstić information content (AvgIpc) is 2.63. The van der Waals surface area contributed by atoms with Crippen molar-refractivity contribution in [1.29, 1.82) is 0 Å². The van der Waals surface area contributed by atoms with Gasteiger partial charge in [-0.2, -0.15) is 0 Å². The lowest BCUT2D eigenvalue weighted by Crippen LogP contribution is -1.94. The van der Waals surface area contributed by atoms with Gasteiger partial charge in [0, 0.05) is 10.9 Å². The molecule has 0 spiro atoms. The fraction of sp³-hybridized carbons (Fsp3) is 0.143. The third kappa shape index (κ3) is 3.02. The molecule has 0 radical (unpaired) electrons. The molecule has 0 bridgehead atoms. The van der Waals surface area contributed by atoms with E-state index in [1.54, 1.807) is 18.2 Å². The Hall–Kier alpha value is -2.68. The van der Waals surface area contributed by atoms with Crippen LogP contribution in [0.25, 0.3) is 21.9 Å². The molecule has 0 saturated carbocycles. The highest BCUT2D eigenvalue weighted by Gasteiger charge is 2.15. The molecule has 0 aliphatic heterocycles. The predicted molar refractivity (Wildman–Crippen MR) is 94.4 cm³/mol. The van der Waals surface area contributed by atoms with Crippen LogP contribution in [0.5, 0.6) is 5.75 Å². The topological polar surface area (TPSA) is 9.23 Å². The summed E-state index contributed by atoms with van der Waals surface area (Å²) >= 11 is 0. The number of hydrogen-bond acceptors (Lipinski definition) is 1. The molecule has 3 heteroatoms. The Balaban J connectivity index is 2.06. The fourth-order valence-corrected chi connectivity index (χ4v) is 2.76. The van der Waals surface area contributed by atoms with Gasteiger partial charge in [0.2, 0.25) is 0 Å². The van der Waals surface area contributed by atoms with E-state index in [9.17, 15) is 8.78 Å². The van der Waals surface area contributed by atoms with Crippen LogP contribution in [-0.2, 0) is 6.42 Å². The summed E-state index contributed by atoms with van der Waals surface area (Å²) < 4.78 is 34.1. The highest BCUT2D eigenvalue weighted by Crippen LogP contribution is 2.32. The van der Waals surface area contributed by atoms with Crippen molar-refractivity contribution in [1.82, 2.24) is 0 Å². The number of methoxy groups -OCH3 is 1. The lowest BCUT2D eigenvalue weighted by Gasteiger charge is -2.10. The zero-order valence-corrected chi connectivity index (χ0v) is 13.5. The van der Waals surface area contributed by atoms with Gasteiger partial charge in [-0.15, -0.1) is 6.58 Å². The number of allylic oxidation sites excluding steroid dienone is 1. The maximum absolute atomic E-state index is 14.5. The zero-order chi connectivity index (χ0) is 17.1. The van der Waals surface area contributed by atoms with Gasteiger partial charge in [0.15, 0.2) is 11.6 Å². The minimum atomic E-state index is -0.850. The van der Waals surface area contributed by atoms with Crippen LogP contribution in [0, 0.1) is 11.6 Å². The molecule has 0 atom stereocenters. The first-order valence-electron chi connectivity index (χ1n) is 7.80. The Morgan fingerprint density at radius 2 is 1.75 bits per heavy atom. The largest absolute Gasteiger partial charge is 0.497 e. The van der Waals surface area contributed by atoms with E-state index in [1.165, 1.54) is 13.2 Å². The van der Waals surface area contributed by atoms with Crippen LogP contribution >= 0.6 is 0 Å². The molecule has 0 N–H and O–H groups in total. The number of rotatable bonds is 5. The molecule has 24 heavy (non-hydrogen) atoms. The maximum Gasteiger partial charge on any atom is 0.167 e. The first kappa shape index (κ1) is 16.2. The van der Waals surface area contributed by atoms with Crippen molar-refractivity contribution < 1.29 is 13.5 Å². The van der Waals surface area contributed by atoms with E-state index in [1.807, 2.05) is 30.3 Å². The summed E-state index contributed by atoms with van der Waals surface area (Å²) in [5.41, 5.74) is 2.07. The standard InChI is InChI=1S/C21H18F2O/c1-3-4-5-14-6-8-15(9-7-14)18-12-16-10-11-17(24-2)13-19(16)21(23)20(18)22/h3,6-13H,1,4-5H2,2H3. The molecule has 3 rings (SSSR count). The number of aryl methyl sites for hydroxylation is 1. The molecule has 0 aliphatic rings. The summed E-state index contributed by atoms with van der Waals surface area (Å²) in [6, 6.07) is 14.2. The van der Waals surface area contributed by atoms with Crippen LogP contribution in [0.4, 0.5) is 8.78 Å². The van der Waals surface area contributed by atoms with Gasteiger partial charge in [0.1, 0.15) is 5.75 Å². The Kier molecular flexibility index (Phi) is 4.61. The van der Waals surface area contributed by atoms with Gasteiger partial charge in [0.25, 0.3) is 0 Å². The molecule has 0 saturated heterocycles. The molecular formula is C21H18F2O. The van der Waals surface area contributed by atoms with Crippen molar-refractivity contribution in [3.05, 3.63) is 78.4 Å². The minimum absolute atomic E-state index is 0.221. The number of ether oxygens (including phenoxy) is 1. The van der Waals surface area contributed by atoms with Gasteiger partial charge < -0.3 is 4.74 Å². The Morgan fingerprint density at radius 1 is 1.00 bits per heavy atom. The molecule has 1 nitrogen and oxygen atoms in total. The number of hydrogen-bond donors (Lipinski definition) is 0. The maximum atomic E-state index is 14.5. The van der Waals surface area contributed by atoms with E-state index >= 15 is 0 Å². The third-order valence-corrected chi connectivity index (χ3v) is 4.13. The highest BCUT2D eigenvalue weighted by atomic mass is 19.2. The molecule has 3 aromatic rings. The smallest absolute Gasteiger partial charge is 0.167 e. The number of benzene rings is 3. The molecule has 0 amide bonds. The lowest BCUT2D eigenvalue weighted by molar-refractivity contribution is 0.415. The summed E-state index contributed by atoms with van der Waals surface area (Å²) in [5, 5.41) is 0.860. The van der Waals surface area contributed by atoms with Crippen molar-refractivity contribution in [2.45, 2.75) is 12.8 Å². The van der Waals surface area contributed by atoms with Crippen molar-refractivity contribution >= 4 is 10.8 Å². The van der Waals surface area contributed by atoms with Crippen LogP contribution in [0.15, 0.2) is 61.2 Å². The van der Waals surface area contributed by atoms with Gasteiger partial charge in [-0.3, -0.25) is 0 Å². The molecule has 0 aromatic heterocycles. The first-order valence-corrected chi connectivity index (χ1v) is 7.80. The summed E-state index contributed by atoms with van der Waals surface area (Å²) in [5.74, 6) is -1.19. The molecule has 0 unspecified atom stereocenters. The van der Waals surface area contributed by atoms with Crippen molar-refractivity contribution in [2.24, 2.45) is 0 Å². The van der Waals surface area contributed by atoms with Gasteiger partial charge in [-0.1, -0.05) is 36.4 Å². The normalized spacial score (nSPS) is 10.8. The minimum Gasteiger partial charge on any atom is -0.497 e. The van der Waals surface area contributed by atoms with E-state index in [0.717, 1.165) is 18.4 Å². The summed E-state index contributed by atoms with van der Waals surface area (Å²) in [7, 11) is 1.50. The quantitative estimate of drug-likeness (QED) is 0.530. The van der Waals surface area contributed by atoms with Crippen LogP contribution in [0.1, 0.15) is 12.0 Å². The third-order valence-electron chi connectivity index (χ3n) is 4.13.